The highest BCUT2D eigenvalue weighted by Crippen LogP contribution is 2.37. The van der Waals surface area contributed by atoms with Gasteiger partial charge in [0.05, 0.1) is 14.3 Å². The predicted molar refractivity (Wildman–Crippen MR) is 147 cm³/mol. The summed E-state index contributed by atoms with van der Waals surface area (Å²) in [6.07, 6.45) is -0.662. The van der Waals surface area contributed by atoms with E-state index in [1.807, 2.05) is 57.3 Å². The predicted octanol–water partition coefficient (Wildman–Crippen LogP) is 3.65. The molecule has 3 rings (SSSR count). The third-order valence-corrected chi connectivity index (χ3v) is 7.44. The molecule has 32 heavy (non-hydrogen) atoms. The average molecular weight is 890 g/mol. The van der Waals surface area contributed by atoms with Crippen LogP contribution in [-0.4, -0.2) is 41.8 Å². The second-order valence-electron chi connectivity index (χ2n) is 6.57. The average Bonchev–Trinajstić information content (AvgIpc) is 3.03. The lowest BCUT2D eigenvalue weighted by atomic mass is 10.1. The number of carbonyl (C=O) groups is 3. The van der Waals surface area contributed by atoms with Crippen LogP contribution in [0.4, 0.5) is 4.79 Å². The van der Waals surface area contributed by atoms with Crippen molar-refractivity contribution in [2.45, 2.75) is 18.5 Å². The van der Waals surface area contributed by atoms with Gasteiger partial charge in [-0.25, -0.2) is 9.59 Å². The normalized spacial score (nSPS) is 16.3. The number of phenolic OH excluding ortho intramolecular Hbond substituents is 1. The topological polar surface area (TPSA) is 137 Å². The molecule has 4 N–H and O–H groups in total. The van der Waals surface area contributed by atoms with Gasteiger partial charge in [-0.05, 0) is 127 Å². The molecule has 1 amide bonds. The van der Waals surface area contributed by atoms with Crippen molar-refractivity contribution in [1.82, 2.24) is 5.32 Å². The SMILES string of the molecule is NC(Cc1cc(I)c(Oc2cc(I)c(O)c(I)c2)c(I)c1)C(=O)OCC1NC(=O)OC1=O. The van der Waals surface area contributed by atoms with Crippen molar-refractivity contribution in [3.05, 3.63) is 44.1 Å². The van der Waals surface area contributed by atoms with Crippen LogP contribution in [0, 0.1) is 14.3 Å². The molecule has 0 radical (unpaired) electrons. The molecule has 0 bridgehead atoms. The summed E-state index contributed by atoms with van der Waals surface area (Å²) in [7, 11) is 0. The van der Waals surface area contributed by atoms with Crippen LogP contribution in [0.1, 0.15) is 5.56 Å². The fourth-order valence-corrected chi connectivity index (χ4v) is 6.49. The zero-order valence-electron chi connectivity index (χ0n) is 15.9. The molecule has 2 aromatic rings. The van der Waals surface area contributed by atoms with E-state index in [1.165, 1.54) is 0 Å². The van der Waals surface area contributed by atoms with Gasteiger partial charge in [-0.2, -0.15) is 0 Å². The van der Waals surface area contributed by atoms with E-state index >= 15 is 0 Å². The van der Waals surface area contributed by atoms with Crippen LogP contribution in [0.3, 0.4) is 0 Å². The molecule has 0 saturated carbocycles. The van der Waals surface area contributed by atoms with Crippen LogP contribution in [0.5, 0.6) is 17.2 Å². The van der Waals surface area contributed by atoms with Gasteiger partial charge in [-0.1, -0.05) is 0 Å². The molecular formula is C19H14I4N2O7. The fraction of sp³-hybridized carbons (Fsp3) is 0.211. The van der Waals surface area contributed by atoms with Crippen LogP contribution in [-0.2, 0) is 25.5 Å². The zero-order chi connectivity index (χ0) is 23.6. The van der Waals surface area contributed by atoms with Crippen molar-refractivity contribution in [2.75, 3.05) is 6.61 Å². The lowest BCUT2D eigenvalue weighted by molar-refractivity contribution is -0.147. The van der Waals surface area contributed by atoms with Crippen molar-refractivity contribution < 1.29 is 33.7 Å². The van der Waals surface area contributed by atoms with Gasteiger partial charge in [0, 0.05) is 0 Å². The smallest absolute Gasteiger partial charge is 0.415 e. The second kappa shape index (κ2) is 11.2. The molecule has 2 unspecified atom stereocenters. The number of benzene rings is 2. The molecule has 0 aliphatic carbocycles. The number of phenols is 1. The molecule has 2 atom stereocenters. The first-order valence-electron chi connectivity index (χ1n) is 8.83. The van der Waals surface area contributed by atoms with E-state index < -0.39 is 30.1 Å². The van der Waals surface area contributed by atoms with Crippen molar-refractivity contribution >= 4 is 108 Å². The standard InChI is InChI=1S/C19H14I4N2O7/c20-9-4-8(5-10(21)15(9)26)31-16-11(22)1-7(2-12(16)23)3-13(24)17(27)30-6-14-18(28)32-19(29)25-14/h1-2,4-5,13-14,26H,3,6,24H2,(H,25,29). The highest BCUT2D eigenvalue weighted by Gasteiger charge is 2.34. The van der Waals surface area contributed by atoms with Crippen LogP contribution < -0.4 is 15.8 Å². The number of amides is 1. The maximum absolute atomic E-state index is 12.2. The Morgan fingerprint density at radius 1 is 1.09 bits per heavy atom. The Kier molecular flexibility index (Phi) is 9.06. The minimum absolute atomic E-state index is 0.210. The van der Waals surface area contributed by atoms with Crippen molar-refractivity contribution in [3.8, 4) is 17.2 Å². The number of hydrogen-bond donors (Lipinski definition) is 3. The first kappa shape index (κ1) is 25.9. The maximum Gasteiger partial charge on any atom is 0.415 e. The molecule has 0 spiro atoms. The van der Waals surface area contributed by atoms with E-state index in [1.54, 1.807) is 12.1 Å². The number of carbonyl (C=O) groups excluding carboxylic acids is 3. The van der Waals surface area contributed by atoms with Gasteiger partial charge >= 0.3 is 18.0 Å². The first-order valence-corrected chi connectivity index (χ1v) is 13.1. The highest BCUT2D eigenvalue weighted by atomic mass is 127. The number of hydrogen-bond acceptors (Lipinski definition) is 8. The number of nitrogens with one attached hydrogen (secondary N) is 1. The second-order valence-corrected chi connectivity index (χ2v) is 11.2. The first-order chi connectivity index (χ1) is 15.0. The Morgan fingerprint density at radius 2 is 1.69 bits per heavy atom. The summed E-state index contributed by atoms with van der Waals surface area (Å²) in [5, 5.41) is 12.2. The molecule has 1 fully saturated rings. The van der Waals surface area contributed by atoms with E-state index in [-0.39, 0.29) is 18.8 Å². The third-order valence-electron chi connectivity index (χ3n) is 4.19. The number of ether oxygens (including phenoxy) is 3. The Labute approximate surface area is 237 Å². The highest BCUT2D eigenvalue weighted by molar-refractivity contribution is 14.1. The van der Waals surface area contributed by atoms with Gasteiger partial charge in [-0.15, -0.1) is 0 Å². The summed E-state index contributed by atoms with van der Waals surface area (Å²) in [4.78, 5) is 34.6. The quantitative estimate of drug-likeness (QED) is 0.218. The number of aromatic hydroxyl groups is 1. The van der Waals surface area contributed by atoms with Gasteiger partial charge in [0.15, 0.2) is 11.8 Å². The summed E-state index contributed by atoms with van der Waals surface area (Å²) < 4.78 is 18.4. The Bertz CT molecular complexity index is 1050. The van der Waals surface area contributed by atoms with E-state index in [9.17, 15) is 19.5 Å². The lowest BCUT2D eigenvalue weighted by Crippen LogP contribution is -2.39. The van der Waals surface area contributed by atoms with E-state index in [0.29, 0.717) is 18.6 Å². The number of halogens is 4. The van der Waals surface area contributed by atoms with Crippen molar-refractivity contribution in [1.29, 1.82) is 0 Å². The van der Waals surface area contributed by atoms with Crippen LogP contribution >= 0.6 is 90.4 Å². The number of alkyl carbamates (subject to hydrolysis) is 1. The van der Waals surface area contributed by atoms with Gasteiger partial charge in [0.25, 0.3) is 0 Å². The van der Waals surface area contributed by atoms with E-state index in [0.717, 1.165) is 12.7 Å². The Hall–Kier alpha value is -0.670. The molecule has 13 heteroatoms. The van der Waals surface area contributed by atoms with Crippen molar-refractivity contribution in [3.63, 3.8) is 0 Å². The third kappa shape index (κ3) is 6.47. The lowest BCUT2D eigenvalue weighted by Gasteiger charge is -2.16. The minimum atomic E-state index is -1.03. The monoisotopic (exact) mass is 890 g/mol. The summed E-state index contributed by atoms with van der Waals surface area (Å²) in [6, 6.07) is 5.22. The minimum Gasteiger partial charge on any atom is -0.506 e. The number of cyclic esters (lactones) is 2. The van der Waals surface area contributed by atoms with Crippen molar-refractivity contribution in [2.24, 2.45) is 5.73 Å². The van der Waals surface area contributed by atoms with Crippen LogP contribution in [0.2, 0.25) is 0 Å². The number of esters is 2. The zero-order valence-corrected chi connectivity index (χ0v) is 24.5. The van der Waals surface area contributed by atoms with Gasteiger partial charge in [0.2, 0.25) is 0 Å². The fourth-order valence-electron chi connectivity index (χ4n) is 2.66. The molecule has 1 saturated heterocycles. The number of rotatable bonds is 7. The summed E-state index contributed by atoms with van der Waals surface area (Å²) in [5.74, 6) is -0.0326. The summed E-state index contributed by atoms with van der Waals surface area (Å²) in [5.41, 5.74) is 6.77. The van der Waals surface area contributed by atoms with Crippen LogP contribution in [0.25, 0.3) is 0 Å². The molecule has 2 aromatic carbocycles. The molecule has 0 aromatic heterocycles. The molecule has 1 aliphatic rings. The van der Waals surface area contributed by atoms with Gasteiger partial charge in [0.1, 0.15) is 24.1 Å². The number of nitrogens with two attached hydrogens (primary N) is 1. The van der Waals surface area contributed by atoms with Gasteiger partial charge in [-0.3, -0.25) is 4.79 Å². The summed E-state index contributed by atoms with van der Waals surface area (Å²) >= 11 is 8.36. The maximum atomic E-state index is 12.2. The van der Waals surface area contributed by atoms with Crippen LogP contribution in [0.15, 0.2) is 24.3 Å². The molecule has 1 heterocycles. The van der Waals surface area contributed by atoms with E-state index in [2.05, 4.69) is 55.2 Å². The molecule has 9 nitrogen and oxygen atoms in total. The molecule has 170 valence electrons. The van der Waals surface area contributed by atoms with E-state index in [4.69, 9.17) is 15.2 Å². The Morgan fingerprint density at radius 3 is 2.22 bits per heavy atom. The van der Waals surface area contributed by atoms with Gasteiger partial charge < -0.3 is 30.4 Å². The largest absolute Gasteiger partial charge is 0.506 e. The molecular weight excluding hydrogens is 876 g/mol. The molecule has 1 aliphatic heterocycles. The Balaban J connectivity index is 1.64. The summed E-state index contributed by atoms with van der Waals surface area (Å²) in [6.45, 7) is -0.344.